The second-order valence-corrected chi connectivity index (χ2v) is 3.86. The van der Waals surface area contributed by atoms with Gasteiger partial charge in [0.1, 0.15) is 0 Å². The summed E-state index contributed by atoms with van der Waals surface area (Å²) < 4.78 is 19.9. The molecule has 6 nitrogen and oxygen atoms in total. The van der Waals surface area contributed by atoms with Gasteiger partial charge in [-0.3, -0.25) is 9.59 Å². The van der Waals surface area contributed by atoms with Gasteiger partial charge >= 0.3 is 11.9 Å². The smallest absolute Gasteiger partial charge is 0.323 e. The minimum absolute atomic E-state index is 0.0496. The minimum atomic E-state index is -1.43. The van der Waals surface area contributed by atoms with Crippen LogP contribution in [0.25, 0.3) is 0 Å². The van der Waals surface area contributed by atoms with E-state index >= 15 is 0 Å². The second kappa shape index (κ2) is 8.05. The summed E-state index contributed by atoms with van der Waals surface area (Å²) in [6, 6.07) is 0. The van der Waals surface area contributed by atoms with Crippen molar-refractivity contribution in [3.05, 3.63) is 0 Å². The van der Waals surface area contributed by atoms with Crippen LogP contribution in [-0.4, -0.2) is 45.7 Å². The lowest BCUT2D eigenvalue weighted by Gasteiger charge is -2.28. The number of methoxy groups -OCH3 is 2. The maximum atomic E-state index is 11.7. The molecule has 0 aliphatic carbocycles. The highest BCUT2D eigenvalue weighted by molar-refractivity contribution is 5.99. The number of rotatable bonds is 8. The summed E-state index contributed by atoms with van der Waals surface area (Å²) in [5.74, 6) is -1.34. The summed E-state index contributed by atoms with van der Waals surface area (Å²) in [6.07, 6.45) is -0.600. The lowest BCUT2D eigenvalue weighted by atomic mass is 9.86. The van der Waals surface area contributed by atoms with E-state index in [0.717, 1.165) is 0 Å². The van der Waals surface area contributed by atoms with Gasteiger partial charge in [0.05, 0.1) is 14.2 Å². The third-order valence-electron chi connectivity index (χ3n) is 2.55. The van der Waals surface area contributed by atoms with Crippen LogP contribution in [-0.2, 0) is 28.5 Å². The molecule has 0 aliphatic rings. The fraction of sp³-hybridized carbons (Fsp3) is 0.833. The Kier molecular flexibility index (Phi) is 7.54. The van der Waals surface area contributed by atoms with E-state index in [2.05, 4.69) is 9.47 Å². The van der Waals surface area contributed by atoms with Gasteiger partial charge in [-0.25, -0.2) is 0 Å². The molecule has 0 saturated carbocycles. The lowest BCUT2D eigenvalue weighted by molar-refractivity contribution is -0.186. The highest BCUT2D eigenvalue weighted by Crippen LogP contribution is 2.28. The fourth-order valence-electron chi connectivity index (χ4n) is 1.57. The Hall–Kier alpha value is -1.14. The van der Waals surface area contributed by atoms with E-state index in [0.29, 0.717) is 13.2 Å². The Morgan fingerprint density at radius 1 is 1.00 bits per heavy atom. The standard InChI is InChI=1S/C12H22O6/c1-6-17-9(18-7-2)8-12(3,10(13)15-4)11(14)16-5/h9H,6-8H2,1-5H3. The monoisotopic (exact) mass is 262 g/mol. The molecule has 0 amide bonds. The Balaban J connectivity index is 4.96. The molecule has 6 heteroatoms. The van der Waals surface area contributed by atoms with Gasteiger partial charge < -0.3 is 18.9 Å². The van der Waals surface area contributed by atoms with Crippen molar-refractivity contribution in [2.75, 3.05) is 27.4 Å². The third-order valence-corrected chi connectivity index (χ3v) is 2.55. The number of carbonyl (C=O) groups excluding carboxylic acids is 2. The van der Waals surface area contributed by atoms with Crippen LogP contribution in [0.3, 0.4) is 0 Å². The molecule has 0 unspecified atom stereocenters. The largest absolute Gasteiger partial charge is 0.468 e. The van der Waals surface area contributed by atoms with Gasteiger partial charge in [0.2, 0.25) is 0 Å². The summed E-state index contributed by atoms with van der Waals surface area (Å²) in [4.78, 5) is 23.5. The summed E-state index contributed by atoms with van der Waals surface area (Å²) in [5.41, 5.74) is -1.43. The third kappa shape index (κ3) is 4.27. The van der Waals surface area contributed by atoms with Crippen molar-refractivity contribution < 1.29 is 28.5 Å². The number of carbonyl (C=O) groups is 2. The van der Waals surface area contributed by atoms with Crippen molar-refractivity contribution in [1.82, 2.24) is 0 Å². The average molecular weight is 262 g/mol. The van der Waals surface area contributed by atoms with E-state index in [9.17, 15) is 9.59 Å². The fourth-order valence-corrected chi connectivity index (χ4v) is 1.57. The second-order valence-electron chi connectivity index (χ2n) is 3.86. The zero-order valence-electron chi connectivity index (χ0n) is 11.6. The van der Waals surface area contributed by atoms with E-state index < -0.39 is 23.6 Å². The summed E-state index contributed by atoms with van der Waals surface area (Å²) in [6.45, 7) is 5.90. The first-order valence-corrected chi connectivity index (χ1v) is 5.86. The van der Waals surface area contributed by atoms with Gasteiger partial charge in [-0.1, -0.05) is 0 Å². The minimum Gasteiger partial charge on any atom is -0.468 e. The van der Waals surface area contributed by atoms with Crippen LogP contribution in [0.15, 0.2) is 0 Å². The zero-order chi connectivity index (χ0) is 14.2. The lowest BCUT2D eigenvalue weighted by Crippen LogP contribution is -2.42. The van der Waals surface area contributed by atoms with Crippen LogP contribution >= 0.6 is 0 Å². The number of hydrogen-bond donors (Lipinski definition) is 0. The highest BCUT2D eigenvalue weighted by atomic mass is 16.7. The Bertz CT molecular complexity index is 254. The molecule has 0 heterocycles. The molecule has 0 radical (unpaired) electrons. The average Bonchev–Trinajstić information content (AvgIpc) is 2.37. The molecule has 0 atom stereocenters. The van der Waals surface area contributed by atoms with Crippen molar-refractivity contribution >= 4 is 11.9 Å². The highest BCUT2D eigenvalue weighted by Gasteiger charge is 2.46. The molecule has 0 spiro atoms. The number of hydrogen-bond acceptors (Lipinski definition) is 6. The van der Waals surface area contributed by atoms with Gasteiger partial charge in [0, 0.05) is 19.6 Å². The maximum absolute atomic E-state index is 11.7. The van der Waals surface area contributed by atoms with Gasteiger partial charge in [-0.2, -0.15) is 0 Å². The molecule has 0 bridgehead atoms. The van der Waals surface area contributed by atoms with E-state index in [4.69, 9.17) is 9.47 Å². The predicted molar refractivity (Wildman–Crippen MR) is 63.8 cm³/mol. The Morgan fingerprint density at radius 2 is 1.39 bits per heavy atom. The maximum Gasteiger partial charge on any atom is 0.323 e. The van der Waals surface area contributed by atoms with Gasteiger partial charge in [-0.15, -0.1) is 0 Å². The van der Waals surface area contributed by atoms with E-state index in [-0.39, 0.29) is 6.42 Å². The van der Waals surface area contributed by atoms with Crippen LogP contribution in [0.4, 0.5) is 0 Å². The van der Waals surface area contributed by atoms with Crippen molar-refractivity contribution in [2.24, 2.45) is 5.41 Å². The van der Waals surface area contributed by atoms with E-state index in [1.54, 1.807) is 13.8 Å². The van der Waals surface area contributed by atoms with Gasteiger partial charge in [0.15, 0.2) is 11.7 Å². The van der Waals surface area contributed by atoms with Crippen LogP contribution in [0.2, 0.25) is 0 Å². The predicted octanol–water partition coefficient (Wildman–Crippen LogP) is 1.13. The normalized spacial score (nSPS) is 11.4. The summed E-state index contributed by atoms with van der Waals surface area (Å²) >= 11 is 0. The van der Waals surface area contributed by atoms with Gasteiger partial charge in [0.25, 0.3) is 0 Å². The van der Waals surface area contributed by atoms with E-state index in [1.807, 2.05) is 0 Å². The SMILES string of the molecule is CCOC(CC(C)(C(=O)OC)C(=O)OC)OCC. The molecule has 0 aliphatic heterocycles. The Morgan fingerprint density at radius 3 is 1.67 bits per heavy atom. The Labute approximate surface area is 108 Å². The van der Waals surface area contributed by atoms with Crippen molar-refractivity contribution in [3.63, 3.8) is 0 Å². The molecule has 0 N–H and O–H groups in total. The van der Waals surface area contributed by atoms with Crippen LogP contribution in [0, 0.1) is 5.41 Å². The van der Waals surface area contributed by atoms with Crippen LogP contribution in [0.1, 0.15) is 27.2 Å². The molecule has 106 valence electrons. The first kappa shape index (κ1) is 16.9. The molecular formula is C12H22O6. The van der Waals surface area contributed by atoms with E-state index in [1.165, 1.54) is 21.1 Å². The zero-order valence-corrected chi connectivity index (χ0v) is 11.6. The first-order valence-electron chi connectivity index (χ1n) is 5.86. The molecule has 0 fully saturated rings. The topological polar surface area (TPSA) is 71.1 Å². The summed E-state index contributed by atoms with van der Waals surface area (Å²) in [7, 11) is 2.44. The van der Waals surface area contributed by atoms with Crippen molar-refractivity contribution in [2.45, 2.75) is 33.5 Å². The number of esters is 2. The molecule has 18 heavy (non-hydrogen) atoms. The quantitative estimate of drug-likeness (QED) is 0.371. The van der Waals surface area contributed by atoms with Crippen LogP contribution in [0.5, 0.6) is 0 Å². The summed E-state index contributed by atoms with van der Waals surface area (Å²) in [5, 5.41) is 0. The van der Waals surface area contributed by atoms with Crippen molar-refractivity contribution in [1.29, 1.82) is 0 Å². The van der Waals surface area contributed by atoms with Crippen LogP contribution < -0.4 is 0 Å². The molecule has 0 aromatic rings. The molecule has 0 aromatic heterocycles. The number of ether oxygens (including phenoxy) is 4. The first-order chi connectivity index (χ1) is 8.46. The van der Waals surface area contributed by atoms with Crippen molar-refractivity contribution in [3.8, 4) is 0 Å². The molecule has 0 rings (SSSR count). The van der Waals surface area contributed by atoms with Gasteiger partial charge in [-0.05, 0) is 20.8 Å². The molecule has 0 aromatic carbocycles. The molecular weight excluding hydrogens is 240 g/mol. The molecule has 0 saturated heterocycles.